The Hall–Kier alpha value is -1.55. The molecule has 2 N–H and O–H groups in total. The van der Waals surface area contributed by atoms with Crippen LogP contribution in [0.25, 0.3) is 0 Å². The molecule has 1 amide bonds. The Morgan fingerprint density at radius 1 is 1.32 bits per heavy atom. The van der Waals surface area contributed by atoms with Crippen LogP contribution in [-0.4, -0.2) is 25.1 Å². The van der Waals surface area contributed by atoms with Gasteiger partial charge in [-0.25, -0.2) is 0 Å². The van der Waals surface area contributed by atoms with Crippen LogP contribution in [0, 0.1) is 0 Å². The van der Waals surface area contributed by atoms with Crippen molar-refractivity contribution in [3.05, 3.63) is 29.8 Å². The van der Waals surface area contributed by atoms with Crippen molar-refractivity contribution in [3.8, 4) is 5.75 Å². The SMILES string of the molecule is CCNC(=O)CCNCc1ccccc1OC(C)C. The van der Waals surface area contributed by atoms with Gasteiger partial charge in [-0.3, -0.25) is 4.79 Å². The summed E-state index contributed by atoms with van der Waals surface area (Å²) < 4.78 is 5.74. The molecule has 0 radical (unpaired) electrons. The third kappa shape index (κ3) is 6.25. The van der Waals surface area contributed by atoms with Crippen LogP contribution in [0.3, 0.4) is 0 Å². The molecular weight excluding hydrogens is 240 g/mol. The maximum absolute atomic E-state index is 11.3. The van der Waals surface area contributed by atoms with Gasteiger partial charge in [-0.2, -0.15) is 0 Å². The van der Waals surface area contributed by atoms with Crippen molar-refractivity contribution in [1.29, 1.82) is 0 Å². The van der Waals surface area contributed by atoms with Gasteiger partial charge < -0.3 is 15.4 Å². The van der Waals surface area contributed by atoms with Crippen LogP contribution in [0.1, 0.15) is 32.8 Å². The number of para-hydroxylation sites is 1. The van der Waals surface area contributed by atoms with E-state index in [1.54, 1.807) is 0 Å². The summed E-state index contributed by atoms with van der Waals surface area (Å²) in [4.78, 5) is 11.3. The average Bonchev–Trinajstić information content (AvgIpc) is 2.36. The van der Waals surface area contributed by atoms with Gasteiger partial charge in [0.25, 0.3) is 0 Å². The highest BCUT2D eigenvalue weighted by atomic mass is 16.5. The minimum atomic E-state index is 0.0849. The van der Waals surface area contributed by atoms with E-state index in [-0.39, 0.29) is 12.0 Å². The number of carbonyl (C=O) groups excluding carboxylic acids is 1. The standard InChI is InChI=1S/C15H24N2O2/c1-4-17-15(18)9-10-16-11-13-7-5-6-8-14(13)19-12(2)3/h5-8,12,16H,4,9-11H2,1-3H3,(H,17,18). The molecular formula is C15H24N2O2. The van der Waals surface area contributed by atoms with Gasteiger partial charge in [0.05, 0.1) is 6.10 Å². The summed E-state index contributed by atoms with van der Waals surface area (Å²) in [5.41, 5.74) is 1.12. The monoisotopic (exact) mass is 264 g/mol. The number of nitrogens with one attached hydrogen (secondary N) is 2. The fourth-order valence-corrected chi connectivity index (χ4v) is 1.73. The predicted molar refractivity (Wildman–Crippen MR) is 77.2 cm³/mol. The van der Waals surface area contributed by atoms with Crippen LogP contribution >= 0.6 is 0 Å². The molecule has 0 aliphatic rings. The fourth-order valence-electron chi connectivity index (χ4n) is 1.73. The van der Waals surface area contributed by atoms with E-state index in [9.17, 15) is 4.79 Å². The second-order valence-electron chi connectivity index (χ2n) is 4.65. The molecule has 4 heteroatoms. The number of benzene rings is 1. The molecule has 1 rings (SSSR count). The van der Waals surface area contributed by atoms with Crippen molar-refractivity contribution in [1.82, 2.24) is 10.6 Å². The van der Waals surface area contributed by atoms with Crippen LogP contribution in [0.5, 0.6) is 5.75 Å². The zero-order valence-electron chi connectivity index (χ0n) is 12.0. The molecule has 0 saturated carbocycles. The Labute approximate surface area is 115 Å². The molecule has 106 valence electrons. The summed E-state index contributed by atoms with van der Waals surface area (Å²) in [5.74, 6) is 0.990. The first-order valence-corrected chi connectivity index (χ1v) is 6.85. The van der Waals surface area contributed by atoms with Gasteiger partial charge in [-0.1, -0.05) is 18.2 Å². The quantitative estimate of drug-likeness (QED) is 0.707. The van der Waals surface area contributed by atoms with E-state index in [2.05, 4.69) is 10.6 Å². The fraction of sp³-hybridized carbons (Fsp3) is 0.533. The second kappa shape index (κ2) is 8.53. The van der Waals surface area contributed by atoms with Crippen LogP contribution < -0.4 is 15.4 Å². The van der Waals surface area contributed by atoms with Crippen LogP contribution in [0.4, 0.5) is 0 Å². The first kappa shape index (κ1) is 15.5. The smallest absolute Gasteiger partial charge is 0.221 e. The van der Waals surface area contributed by atoms with E-state index in [1.807, 2.05) is 45.0 Å². The lowest BCUT2D eigenvalue weighted by Gasteiger charge is -2.14. The van der Waals surface area contributed by atoms with Crippen molar-refractivity contribution in [2.75, 3.05) is 13.1 Å². The van der Waals surface area contributed by atoms with Gasteiger partial charge >= 0.3 is 0 Å². The molecule has 1 aromatic rings. The molecule has 0 spiro atoms. The molecule has 0 aromatic heterocycles. The number of hydrogen-bond acceptors (Lipinski definition) is 3. The largest absolute Gasteiger partial charge is 0.491 e. The molecule has 4 nitrogen and oxygen atoms in total. The van der Waals surface area contributed by atoms with Crippen molar-refractivity contribution < 1.29 is 9.53 Å². The third-order valence-electron chi connectivity index (χ3n) is 2.55. The molecule has 0 unspecified atom stereocenters. The minimum Gasteiger partial charge on any atom is -0.491 e. The van der Waals surface area contributed by atoms with Gasteiger partial charge in [0.2, 0.25) is 5.91 Å². The molecule has 0 aliphatic carbocycles. The van der Waals surface area contributed by atoms with Crippen molar-refractivity contribution in [3.63, 3.8) is 0 Å². The Morgan fingerprint density at radius 2 is 2.05 bits per heavy atom. The Kier molecular flexibility index (Phi) is 6.97. The Balaban J connectivity index is 2.38. The van der Waals surface area contributed by atoms with E-state index in [4.69, 9.17) is 4.74 Å². The van der Waals surface area contributed by atoms with E-state index < -0.39 is 0 Å². The molecule has 0 heterocycles. The van der Waals surface area contributed by atoms with Gasteiger partial charge in [-0.05, 0) is 26.8 Å². The van der Waals surface area contributed by atoms with E-state index in [0.717, 1.165) is 11.3 Å². The molecule has 0 saturated heterocycles. The first-order chi connectivity index (χ1) is 9.13. The summed E-state index contributed by atoms with van der Waals surface area (Å²) in [6, 6.07) is 7.97. The summed E-state index contributed by atoms with van der Waals surface area (Å²) in [5, 5.41) is 6.04. The van der Waals surface area contributed by atoms with Crippen molar-refractivity contribution >= 4 is 5.91 Å². The predicted octanol–water partition coefficient (Wildman–Crippen LogP) is 2.09. The highest BCUT2D eigenvalue weighted by molar-refractivity contribution is 5.75. The van der Waals surface area contributed by atoms with Crippen molar-refractivity contribution in [2.24, 2.45) is 0 Å². The zero-order chi connectivity index (χ0) is 14.1. The van der Waals surface area contributed by atoms with E-state index in [1.165, 1.54) is 0 Å². The highest BCUT2D eigenvalue weighted by Gasteiger charge is 2.05. The molecule has 0 aliphatic heterocycles. The van der Waals surface area contributed by atoms with Crippen molar-refractivity contribution in [2.45, 2.75) is 39.8 Å². The van der Waals surface area contributed by atoms with Gasteiger partial charge in [0, 0.05) is 31.6 Å². The van der Waals surface area contributed by atoms with Gasteiger partial charge in [0.15, 0.2) is 0 Å². The Morgan fingerprint density at radius 3 is 2.74 bits per heavy atom. The summed E-state index contributed by atoms with van der Waals surface area (Å²) in [6.07, 6.45) is 0.664. The lowest BCUT2D eigenvalue weighted by molar-refractivity contribution is -0.120. The summed E-state index contributed by atoms with van der Waals surface area (Å²) in [6.45, 7) is 8.01. The lowest BCUT2D eigenvalue weighted by atomic mass is 10.2. The van der Waals surface area contributed by atoms with Crippen LogP contribution in [0.2, 0.25) is 0 Å². The first-order valence-electron chi connectivity index (χ1n) is 6.85. The van der Waals surface area contributed by atoms with E-state index >= 15 is 0 Å². The Bertz CT molecular complexity index is 391. The third-order valence-corrected chi connectivity index (χ3v) is 2.55. The summed E-state index contributed by atoms with van der Waals surface area (Å²) in [7, 11) is 0. The molecule has 0 atom stereocenters. The number of hydrogen-bond donors (Lipinski definition) is 2. The van der Waals surface area contributed by atoms with Crippen LogP contribution in [0.15, 0.2) is 24.3 Å². The minimum absolute atomic E-state index is 0.0849. The number of amides is 1. The van der Waals surface area contributed by atoms with Crippen LogP contribution in [-0.2, 0) is 11.3 Å². The lowest BCUT2D eigenvalue weighted by Crippen LogP contribution is -2.27. The molecule has 0 bridgehead atoms. The maximum Gasteiger partial charge on any atom is 0.221 e. The number of rotatable bonds is 8. The molecule has 19 heavy (non-hydrogen) atoms. The van der Waals surface area contributed by atoms with Gasteiger partial charge in [-0.15, -0.1) is 0 Å². The van der Waals surface area contributed by atoms with Gasteiger partial charge in [0.1, 0.15) is 5.75 Å². The highest BCUT2D eigenvalue weighted by Crippen LogP contribution is 2.18. The number of ether oxygens (including phenoxy) is 1. The normalized spacial score (nSPS) is 10.5. The topological polar surface area (TPSA) is 50.4 Å². The second-order valence-corrected chi connectivity index (χ2v) is 4.65. The summed E-state index contributed by atoms with van der Waals surface area (Å²) >= 11 is 0. The average molecular weight is 264 g/mol. The maximum atomic E-state index is 11.3. The van der Waals surface area contributed by atoms with E-state index in [0.29, 0.717) is 26.1 Å². The number of carbonyl (C=O) groups is 1. The molecule has 0 fully saturated rings. The zero-order valence-corrected chi connectivity index (χ0v) is 12.0. The molecule has 1 aromatic carbocycles.